The quantitative estimate of drug-likeness (QED) is 0.478. The Bertz CT molecular complexity index is 944. The van der Waals surface area contributed by atoms with Crippen LogP contribution in [-0.4, -0.2) is 28.1 Å². The van der Waals surface area contributed by atoms with Gasteiger partial charge in [-0.15, -0.1) is 0 Å². The molecule has 1 fully saturated rings. The zero-order valence-corrected chi connectivity index (χ0v) is 18.1. The van der Waals surface area contributed by atoms with Crippen molar-refractivity contribution in [2.24, 2.45) is 11.8 Å². The number of halogens is 1. The van der Waals surface area contributed by atoms with E-state index in [4.69, 9.17) is 16.3 Å². The van der Waals surface area contributed by atoms with E-state index in [2.05, 4.69) is 6.58 Å². The van der Waals surface area contributed by atoms with E-state index >= 15 is 0 Å². The summed E-state index contributed by atoms with van der Waals surface area (Å²) in [7, 11) is 0. The van der Waals surface area contributed by atoms with Gasteiger partial charge >= 0.3 is 5.97 Å². The molecule has 1 aliphatic carbocycles. The van der Waals surface area contributed by atoms with Crippen LogP contribution < -0.4 is 0 Å². The Morgan fingerprint density at radius 3 is 2.71 bits per heavy atom. The van der Waals surface area contributed by atoms with Gasteiger partial charge in [-0.2, -0.15) is 0 Å². The van der Waals surface area contributed by atoms with Crippen molar-refractivity contribution < 1.29 is 24.5 Å². The first-order chi connectivity index (χ1) is 14.9. The maximum atomic E-state index is 13.0. The maximum absolute atomic E-state index is 13.0. The van der Waals surface area contributed by atoms with Crippen molar-refractivity contribution in [1.29, 1.82) is 0 Å². The van der Waals surface area contributed by atoms with Crippen molar-refractivity contribution in [3.05, 3.63) is 71.3 Å². The Morgan fingerprint density at radius 1 is 1.13 bits per heavy atom. The predicted molar refractivity (Wildman–Crippen MR) is 120 cm³/mol. The van der Waals surface area contributed by atoms with Crippen LogP contribution in [0.1, 0.15) is 48.0 Å². The third-order valence-corrected chi connectivity index (χ3v) is 6.11. The fourth-order valence-electron chi connectivity index (χ4n) is 3.98. The van der Waals surface area contributed by atoms with Crippen molar-refractivity contribution in [3.63, 3.8) is 0 Å². The van der Waals surface area contributed by atoms with Crippen LogP contribution in [0.25, 0.3) is 0 Å². The van der Waals surface area contributed by atoms with E-state index in [-0.39, 0.29) is 34.5 Å². The number of ether oxygens (including phenoxy) is 1. The first kappa shape index (κ1) is 22.9. The molecule has 2 N–H and O–H groups in total. The summed E-state index contributed by atoms with van der Waals surface area (Å²) in [6.07, 6.45) is 16.0. The largest absolute Gasteiger partial charge is 0.507 e. The molecule has 1 aliphatic heterocycles. The van der Waals surface area contributed by atoms with Gasteiger partial charge in [0.2, 0.25) is 0 Å². The maximum Gasteiger partial charge on any atom is 0.342 e. The minimum Gasteiger partial charge on any atom is -0.507 e. The van der Waals surface area contributed by atoms with Gasteiger partial charge in [0.15, 0.2) is 5.78 Å². The third-order valence-electron chi connectivity index (χ3n) is 5.69. The molecule has 1 heterocycles. The summed E-state index contributed by atoms with van der Waals surface area (Å²) >= 11 is 6.19. The highest BCUT2D eigenvalue weighted by atomic mass is 35.5. The minimum atomic E-state index is -0.750. The second-order valence-corrected chi connectivity index (χ2v) is 8.39. The Hall–Kier alpha value is -2.79. The third kappa shape index (κ3) is 6.11. The minimum absolute atomic E-state index is 0.0726. The van der Waals surface area contributed by atoms with E-state index in [0.29, 0.717) is 18.3 Å². The van der Waals surface area contributed by atoms with Crippen LogP contribution >= 0.6 is 11.6 Å². The van der Waals surface area contributed by atoms with Crippen LogP contribution in [0.5, 0.6) is 11.5 Å². The fourth-order valence-corrected chi connectivity index (χ4v) is 4.20. The Labute approximate surface area is 187 Å². The SMILES string of the molecule is C=C/C=C\C=C/CC1CC2CC2CC/C=C/C(=O)Cc2c(Cl)c(O)cc(O)c2C(=O)O1. The van der Waals surface area contributed by atoms with Gasteiger partial charge < -0.3 is 14.9 Å². The van der Waals surface area contributed by atoms with E-state index in [9.17, 15) is 19.8 Å². The first-order valence-corrected chi connectivity index (χ1v) is 10.9. The number of allylic oxidation sites excluding steroid dienone is 6. The number of carbonyl (C=O) groups is 2. The lowest BCUT2D eigenvalue weighted by Crippen LogP contribution is -2.21. The molecular formula is C25H27ClO5. The van der Waals surface area contributed by atoms with Crippen LogP contribution in [-0.2, 0) is 16.0 Å². The van der Waals surface area contributed by atoms with Gasteiger partial charge in [-0.05, 0) is 43.6 Å². The summed E-state index contributed by atoms with van der Waals surface area (Å²) in [5.41, 5.74) is -0.0992. The van der Waals surface area contributed by atoms with Crippen molar-refractivity contribution >= 4 is 23.4 Å². The summed E-state index contributed by atoms with van der Waals surface area (Å²) in [5.74, 6) is -0.824. The van der Waals surface area contributed by atoms with Crippen molar-refractivity contribution in [1.82, 2.24) is 0 Å². The Morgan fingerprint density at radius 2 is 1.94 bits per heavy atom. The monoisotopic (exact) mass is 442 g/mol. The van der Waals surface area contributed by atoms with Gasteiger partial charge in [-0.25, -0.2) is 4.79 Å². The summed E-state index contributed by atoms with van der Waals surface area (Å²) in [6, 6.07) is 0.998. The van der Waals surface area contributed by atoms with E-state index in [1.807, 2.05) is 24.3 Å². The van der Waals surface area contributed by atoms with E-state index in [0.717, 1.165) is 31.7 Å². The molecule has 0 bridgehead atoms. The summed E-state index contributed by atoms with van der Waals surface area (Å²) in [5, 5.41) is 20.2. The number of esters is 1. The molecule has 0 spiro atoms. The number of hydrogen-bond acceptors (Lipinski definition) is 5. The van der Waals surface area contributed by atoms with Crippen molar-refractivity contribution in [3.8, 4) is 11.5 Å². The van der Waals surface area contributed by atoms with E-state index in [1.165, 1.54) is 6.08 Å². The molecule has 0 aromatic heterocycles. The van der Waals surface area contributed by atoms with Crippen molar-refractivity contribution in [2.75, 3.05) is 0 Å². The van der Waals surface area contributed by atoms with Gasteiger partial charge in [-0.3, -0.25) is 4.79 Å². The molecule has 31 heavy (non-hydrogen) atoms. The molecule has 0 radical (unpaired) electrons. The average molecular weight is 443 g/mol. The normalized spacial score (nSPS) is 25.5. The lowest BCUT2D eigenvalue weighted by molar-refractivity contribution is -0.114. The highest BCUT2D eigenvalue weighted by Crippen LogP contribution is 2.46. The van der Waals surface area contributed by atoms with Gasteiger partial charge in [0, 0.05) is 24.5 Å². The number of phenols is 2. The number of fused-ring (bicyclic) bond motifs is 2. The highest BCUT2D eigenvalue weighted by Gasteiger charge is 2.38. The van der Waals surface area contributed by atoms with E-state index in [1.54, 1.807) is 12.2 Å². The lowest BCUT2D eigenvalue weighted by Gasteiger charge is -2.19. The summed E-state index contributed by atoms with van der Waals surface area (Å²) < 4.78 is 5.77. The second-order valence-electron chi connectivity index (χ2n) is 8.01. The number of rotatable bonds is 4. The second kappa shape index (κ2) is 10.5. The van der Waals surface area contributed by atoms with Crippen LogP contribution in [0.3, 0.4) is 0 Å². The summed E-state index contributed by atoms with van der Waals surface area (Å²) in [6.45, 7) is 3.62. The van der Waals surface area contributed by atoms with E-state index < -0.39 is 17.5 Å². The van der Waals surface area contributed by atoms with Gasteiger partial charge in [0.25, 0.3) is 0 Å². The lowest BCUT2D eigenvalue weighted by atomic mass is 9.99. The van der Waals surface area contributed by atoms with Crippen LogP contribution in [0.2, 0.25) is 5.02 Å². The van der Waals surface area contributed by atoms with Crippen LogP contribution in [0.15, 0.2) is 55.2 Å². The average Bonchev–Trinajstić information content (AvgIpc) is 3.46. The Balaban J connectivity index is 1.91. The molecule has 3 atom stereocenters. The number of hydrogen-bond donors (Lipinski definition) is 2. The van der Waals surface area contributed by atoms with Gasteiger partial charge in [0.05, 0.1) is 5.02 Å². The smallest absolute Gasteiger partial charge is 0.342 e. The number of aromatic hydroxyl groups is 2. The molecule has 0 amide bonds. The number of cyclic esters (lactones) is 1. The Kier molecular flexibility index (Phi) is 7.75. The number of benzene rings is 1. The molecule has 1 aromatic rings. The van der Waals surface area contributed by atoms with Crippen LogP contribution in [0, 0.1) is 11.8 Å². The predicted octanol–water partition coefficient (Wildman–Crippen LogP) is 5.45. The molecule has 1 saturated carbocycles. The highest BCUT2D eigenvalue weighted by molar-refractivity contribution is 6.33. The zero-order valence-electron chi connectivity index (χ0n) is 17.3. The van der Waals surface area contributed by atoms with Gasteiger partial charge in [-0.1, -0.05) is 54.6 Å². The molecule has 3 unspecified atom stereocenters. The summed E-state index contributed by atoms with van der Waals surface area (Å²) in [4.78, 5) is 25.4. The molecular weight excluding hydrogens is 416 g/mol. The molecule has 6 heteroatoms. The number of phenolic OH excluding ortho intramolecular Hbond substituents is 2. The standard InChI is InChI=1S/C25H27ClO5/c1-2-3-4-5-6-11-19-13-17-12-16(17)9-7-8-10-18(27)14-20-23(25(30)31-19)21(28)15-22(29)24(20)26/h2-6,8,10,15-17,19,28-29H,1,7,9,11-14H2/b4-3-,6-5-,10-8+. The zero-order chi connectivity index (χ0) is 22.4. The fraction of sp³-hybridized carbons (Fsp3) is 0.360. The topological polar surface area (TPSA) is 83.8 Å². The number of carbonyl (C=O) groups excluding carboxylic acids is 2. The van der Waals surface area contributed by atoms with Crippen LogP contribution in [0.4, 0.5) is 0 Å². The molecule has 3 rings (SSSR count). The molecule has 1 aromatic carbocycles. The molecule has 164 valence electrons. The molecule has 0 saturated heterocycles. The van der Waals surface area contributed by atoms with Gasteiger partial charge in [0.1, 0.15) is 23.2 Å². The first-order valence-electron chi connectivity index (χ1n) is 10.5. The molecule has 5 nitrogen and oxygen atoms in total. The number of ketones is 1. The van der Waals surface area contributed by atoms with Crippen molar-refractivity contribution in [2.45, 2.75) is 44.6 Å². The molecule has 2 aliphatic rings.